The van der Waals surface area contributed by atoms with Crippen LogP contribution >= 0.6 is 0 Å². The number of benzene rings is 1. The van der Waals surface area contributed by atoms with Crippen LogP contribution in [0.4, 0.5) is 4.79 Å². The van der Waals surface area contributed by atoms with Gasteiger partial charge in [-0.05, 0) is 43.1 Å². The number of carbonyl (C=O) groups is 6. The third kappa shape index (κ3) is 10.6. The number of hydrogen-bond donors (Lipinski definition) is 2. The molecule has 0 aromatic heterocycles. The third-order valence-corrected chi connectivity index (χ3v) is 7.41. The molecular formula is C31H44N6O8. The maximum atomic E-state index is 14.1. The normalized spacial score (nSPS) is 16.3. The number of imide groups is 1. The van der Waals surface area contributed by atoms with Crippen LogP contribution in [-0.4, -0.2) is 94.2 Å². The van der Waals surface area contributed by atoms with E-state index in [1.165, 1.54) is 4.90 Å². The lowest BCUT2D eigenvalue weighted by atomic mass is 10.00. The van der Waals surface area contributed by atoms with Crippen molar-refractivity contribution in [2.45, 2.75) is 90.6 Å². The van der Waals surface area contributed by atoms with Crippen molar-refractivity contribution in [3.05, 3.63) is 41.4 Å². The fourth-order valence-corrected chi connectivity index (χ4v) is 5.01. The summed E-state index contributed by atoms with van der Waals surface area (Å²) in [6, 6.07) is 4.24. The van der Waals surface area contributed by atoms with E-state index in [-0.39, 0.29) is 44.8 Å². The first-order valence-corrected chi connectivity index (χ1v) is 15.0. The molecule has 0 aliphatic carbocycles. The number of likely N-dealkylation sites (tertiary alicyclic amines) is 1. The summed E-state index contributed by atoms with van der Waals surface area (Å²) in [5.41, 5.74) is 15.1. The molecule has 4 amide bonds. The number of nitrogens with one attached hydrogen (secondary N) is 1. The minimum Gasteiger partial charge on any atom is -0.467 e. The van der Waals surface area contributed by atoms with Crippen LogP contribution in [0.5, 0.6) is 0 Å². The molecule has 1 aliphatic rings. The topological polar surface area (TPSA) is 202 Å². The molecule has 0 unspecified atom stereocenters. The standard InChI is InChI=1S/C31H44N6O8/c1-19(2)16-25(30(42)44-5)37(31(43)45-18-21-10-7-6-8-11-21)28(40)24-12-9-15-36(24)29(41)26(20(3)4)35-27(39)23(32)14-13-22(38)17-34-33/h6-8,10-11,17,19-20,23-26H,9,12-16,18,32H2,1-5H3,(H,35,39)/t23-,24-,25-,26-/m0/s1. The molecule has 4 atom stereocenters. The van der Waals surface area contributed by atoms with E-state index in [4.69, 9.17) is 20.7 Å². The van der Waals surface area contributed by atoms with E-state index in [0.29, 0.717) is 18.2 Å². The number of nitrogens with zero attached hydrogens (tertiary/aromatic N) is 4. The Bertz CT molecular complexity index is 1260. The Balaban J connectivity index is 2.32. The van der Waals surface area contributed by atoms with Gasteiger partial charge in [0.25, 0.3) is 5.91 Å². The summed E-state index contributed by atoms with van der Waals surface area (Å²) in [6.07, 6.45) is 0.238. The number of amides is 4. The molecule has 0 radical (unpaired) electrons. The van der Waals surface area contributed by atoms with Crippen LogP contribution in [-0.2, 0) is 40.1 Å². The van der Waals surface area contributed by atoms with Crippen LogP contribution in [0.15, 0.2) is 30.3 Å². The molecule has 1 aromatic rings. The number of ketones is 1. The highest BCUT2D eigenvalue weighted by molar-refractivity contribution is 6.25. The SMILES string of the molecule is COC(=O)[C@H](CC(C)C)N(C(=O)OCc1ccccc1)C(=O)[C@@H]1CCCN1C(=O)[C@@H](NC(=O)[C@@H](N)CCC(=O)C=[N+]=[N-])C(C)C. The predicted octanol–water partition coefficient (Wildman–Crippen LogP) is 1.85. The maximum Gasteiger partial charge on any atom is 0.417 e. The van der Waals surface area contributed by atoms with E-state index in [0.717, 1.165) is 12.0 Å². The van der Waals surface area contributed by atoms with Crippen molar-refractivity contribution in [3.63, 3.8) is 0 Å². The summed E-state index contributed by atoms with van der Waals surface area (Å²) in [5.74, 6) is -3.86. The molecule has 45 heavy (non-hydrogen) atoms. The van der Waals surface area contributed by atoms with Crippen LogP contribution in [0.3, 0.4) is 0 Å². The highest BCUT2D eigenvalue weighted by atomic mass is 16.6. The van der Waals surface area contributed by atoms with E-state index in [1.54, 1.807) is 44.2 Å². The van der Waals surface area contributed by atoms with Crippen molar-refractivity contribution in [2.24, 2.45) is 17.6 Å². The summed E-state index contributed by atoms with van der Waals surface area (Å²) in [6.45, 7) is 7.12. The average Bonchev–Trinajstić information content (AvgIpc) is 3.50. The van der Waals surface area contributed by atoms with Crippen LogP contribution in [0.2, 0.25) is 0 Å². The van der Waals surface area contributed by atoms with E-state index in [9.17, 15) is 28.8 Å². The molecule has 1 aliphatic heterocycles. The Morgan fingerprint density at radius 3 is 2.38 bits per heavy atom. The van der Waals surface area contributed by atoms with E-state index in [1.807, 2.05) is 13.8 Å². The fourth-order valence-electron chi connectivity index (χ4n) is 5.01. The molecule has 1 fully saturated rings. The van der Waals surface area contributed by atoms with Gasteiger partial charge in [0.1, 0.15) is 24.7 Å². The number of hydrogen-bond acceptors (Lipinski definition) is 9. The van der Waals surface area contributed by atoms with Gasteiger partial charge in [0.2, 0.25) is 17.6 Å². The Morgan fingerprint density at radius 1 is 1.13 bits per heavy atom. The Kier molecular flexibility index (Phi) is 14.5. The summed E-state index contributed by atoms with van der Waals surface area (Å²) in [4.78, 5) is 83.6. The Labute approximate surface area is 263 Å². The summed E-state index contributed by atoms with van der Waals surface area (Å²) in [5, 5.41) is 2.63. The zero-order chi connectivity index (χ0) is 33.7. The van der Waals surface area contributed by atoms with Crippen LogP contribution in [0, 0.1) is 11.8 Å². The van der Waals surface area contributed by atoms with Gasteiger partial charge in [-0.15, -0.1) is 0 Å². The molecule has 0 saturated carbocycles. The van der Waals surface area contributed by atoms with Crippen molar-refractivity contribution < 1.29 is 43.0 Å². The van der Waals surface area contributed by atoms with Gasteiger partial charge >= 0.3 is 18.3 Å². The van der Waals surface area contributed by atoms with Crippen molar-refractivity contribution in [1.82, 2.24) is 15.1 Å². The monoisotopic (exact) mass is 628 g/mol. The lowest BCUT2D eigenvalue weighted by Crippen LogP contribution is -2.59. The van der Waals surface area contributed by atoms with Crippen LogP contribution in [0.1, 0.15) is 65.4 Å². The van der Waals surface area contributed by atoms with E-state index < -0.39 is 65.7 Å². The Hall–Kier alpha value is -4.42. The quantitative estimate of drug-likeness (QED) is 0.126. The predicted molar refractivity (Wildman–Crippen MR) is 162 cm³/mol. The first kappa shape index (κ1) is 36.8. The fraction of sp³-hybridized carbons (Fsp3) is 0.581. The number of esters is 1. The highest BCUT2D eigenvalue weighted by Crippen LogP contribution is 2.25. The number of ether oxygens (including phenoxy) is 2. The van der Waals surface area contributed by atoms with Gasteiger partial charge in [-0.2, -0.15) is 4.79 Å². The van der Waals surface area contributed by atoms with Crippen molar-refractivity contribution in [2.75, 3.05) is 13.7 Å². The highest BCUT2D eigenvalue weighted by Gasteiger charge is 2.46. The molecular weight excluding hydrogens is 584 g/mol. The summed E-state index contributed by atoms with van der Waals surface area (Å²) < 4.78 is 10.4. The zero-order valence-corrected chi connectivity index (χ0v) is 26.5. The average molecular weight is 629 g/mol. The van der Waals surface area contributed by atoms with Gasteiger partial charge in [-0.1, -0.05) is 58.0 Å². The van der Waals surface area contributed by atoms with E-state index in [2.05, 4.69) is 10.1 Å². The van der Waals surface area contributed by atoms with E-state index >= 15 is 0 Å². The molecule has 0 bridgehead atoms. The van der Waals surface area contributed by atoms with Crippen molar-refractivity contribution in [1.29, 1.82) is 0 Å². The minimum absolute atomic E-state index is 0.0503. The van der Waals surface area contributed by atoms with Crippen LogP contribution in [0.25, 0.3) is 5.53 Å². The molecule has 246 valence electrons. The number of Topliss-reactive ketones (excluding diaryl/α,β-unsaturated/α-hetero) is 1. The molecule has 14 heteroatoms. The maximum absolute atomic E-state index is 14.1. The first-order chi connectivity index (χ1) is 21.3. The molecule has 1 heterocycles. The molecule has 14 nitrogen and oxygen atoms in total. The lowest BCUT2D eigenvalue weighted by molar-refractivity contribution is -0.155. The summed E-state index contributed by atoms with van der Waals surface area (Å²) >= 11 is 0. The Morgan fingerprint density at radius 2 is 1.80 bits per heavy atom. The van der Waals surface area contributed by atoms with Gasteiger partial charge in [-0.25, -0.2) is 14.5 Å². The zero-order valence-electron chi connectivity index (χ0n) is 26.5. The molecule has 1 aromatic carbocycles. The van der Waals surface area contributed by atoms with Gasteiger partial charge in [0, 0.05) is 13.0 Å². The minimum atomic E-state index is -1.29. The van der Waals surface area contributed by atoms with Gasteiger partial charge in [0.15, 0.2) is 0 Å². The van der Waals surface area contributed by atoms with Gasteiger partial charge < -0.3 is 31.0 Å². The number of methoxy groups -OCH3 is 1. The first-order valence-electron chi connectivity index (χ1n) is 15.0. The molecule has 2 rings (SSSR count). The molecule has 0 spiro atoms. The second-order valence-electron chi connectivity index (χ2n) is 11.7. The largest absolute Gasteiger partial charge is 0.467 e. The van der Waals surface area contributed by atoms with Crippen molar-refractivity contribution >= 4 is 41.8 Å². The third-order valence-electron chi connectivity index (χ3n) is 7.41. The van der Waals surface area contributed by atoms with Gasteiger partial charge in [0.05, 0.1) is 13.2 Å². The molecule has 1 saturated heterocycles. The van der Waals surface area contributed by atoms with Gasteiger partial charge in [-0.3, -0.25) is 19.2 Å². The second-order valence-corrected chi connectivity index (χ2v) is 11.7. The number of rotatable bonds is 15. The number of nitrogens with two attached hydrogens (primary N) is 1. The lowest BCUT2D eigenvalue weighted by Gasteiger charge is -2.35. The smallest absolute Gasteiger partial charge is 0.417 e. The summed E-state index contributed by atoms with van der Waals surface area (Å²) in [7, 11) is 1.16. The van der Waals surface area contributed by atoms with Crippen molar-refractivity contribution in [3.8, 4) is 0 Å². The number of carbonyl (C=O) groups excluding carboxylic acids is 6. The van der Waals surface area contributed by atoms with Crippen LogP contribution < -0.4 is 11.1 Å². The molecule has 3 N–H and O–H groups in total. The second kappa shape index (κ2) is 17.8.